The molecule has 0 bridgehead atoms. The SMILES string of the molecule is COCCN(CCCc1ccc(F)cc1F)C(=O)C(C)C. The molecule has 0 aliphatic heterocycles. The number of methoxy groups -OCH3 is 1. The van der Waals surface area contributed by atoms with Gasteiger partial charge in [0.15, 0.2) is 0 Å². The molecule has 1 aromatic carbocycles. The van der Waals surface area contributed by atoms with Crippen molar-refractivity contribution in [3.63, 3.8) is 0 Å². The smallest absolute Gasteiger partial charge is 0.225 e. The molecule has 3 nitrogen and oxygen atoms in total. The minimum atomic E-state index is -0.576. The second-order valence-corrected chi connectivity index (χ2v) is 5.31. The lowest BCUT2D eigenvalue weighted by molar-refractivity contribution is -0.135. The highest BCUT2D eigenvalue weighted by atomic mass is 19.1. The zero-order valence-corrected chi connectivity index (χ0v) is 12.9. The Hall–Kier alpha value is -1.49. The van der Waals surface area contributed by atoms with Gasteiger partial charge in [-0.2, -0.15) is 0 Å². The minimum absolute atomic E-state index is 0.0617. The van der Waals surface area contributed by atoms with Gasteiger partial charge in [0.25, 0.3) is 0 Å². The third-order valence-electron chi connectivity index (χ3n) is 3.26. The fourth-order valence-corrected chi connectivity index (χ4v) is 2.08. The monoisotopic (exact) mass is 299 g/mol. The second-order valence-electron chi connectivity index (χ2n) is 5.31. The van der Waals surface area contributed by atoms with Crippen LogP contribution in [0.3, 0.4) is 0 Å². The molecule has 0 heterocycles. The first kappa shape index (κ1) is 17.6. The Labute approximate surface area is 124 Å². The molecule has 0 atom stereocenters. The first-order valence-electron chi connectivity index (χ1n) is 7.17. The first-order valence-corrected chi connectivity index (χ1v) is 7.17. The van der Waals surface area contributed by atoms with Crippen LogP contribution in [0.15, 0.2) is 18.2 Å². The van der Waals surface area contributed by atoms with Gasteiger partial charge in [-0.15, -0.1) is 0 Å². The van der Waals surface area contributed by atoms with E-state index in [9.17, 15) is 13.6 Å². The van der Waals surface area contributed by atoms with Crippen molar-refractivity contribution < 1.29 is 18.3 Å². The third-order valence-corrected chi connectivity index (χ3v) is 3.26. The largest absolute Gasteiger partial charge is 0.383 e. The normalized spacial score (nSPS) is 11.0. The highest BCUT2D eigenvalue weighted by molar-refractivity contribution is 5.78. The summed E-state index contributed by atoms with van der Waals surface area (Å²) in [5, 5.41) is 0. The van der Waals surface area contributed by atoms with Gasteiger partial charge < -0.3 is 9.64 Å². The van der Waals surface area contributed by atoms with Gasteiger partial charge in [0.2, 0.25) is 5.91 Å². The molecule has 0 N–H and O–H groups in total. The topological polar surface area (TPSA) is 29.5 Å². The molecule has 0 aliphatic rings. The molecule has 118 valence electrons. The molecule has 0 radical (unpaired) electrons. The van der Waals surface area contributed by atoms with Crippen LogP contribution in [-0.4, -0.2) is 37.6 Å². The standard InChI is InChI=1S/C16H23F2NO2/c1-12(2)16(20)19(9-10-21-3)8-4-5-13-6-7-14(17)11-15(13)18/h6-7,11-12H,4-5,8-10H2,1-3H3. The van der Waals surface area contributed by atoms with E-state index in [-0.39, 0.29) is 11.8 Å². The summed E-state index contributed by atoms with van der Waals surface area (Å²) in [5.41, 5.74) is 0.472. The molecule has 1 rings (SSSR count). The first-order chi connectivity index (χ1) is 9.95. The summed E-state index contributed by atoms with van der Waals surface area (Å²) >= 11 is 0. The summed E-state index contributed by atoms with van der Waals surface area (Å²) in [6, 6.07) is 3.59. The average Bonchev–Trinajstić information content (AvgIpc) is 2.43. The van der Waals surface area contributed by atoms with E-state index in [0.717, 1.165) is 6.07 Å². The van der Waals surface area contributed by atoms with E-state index < -0.39 is 11.6 Å². The number of carbonyl (C=O) groups excluding carboxylic acids is 1. The number of benzene rings is 1. The lowest BCUT2D eigenvalue weighted by atomic mass is 10.1. The summed E-state index contributed by atoms with van der Waals surface area (Å²) in [5.74, 6) is -1.13. The van der Waals surface area contributed by atoms with Crippen LogP contribution in [-0.2, 0) is 16.0 Å². The summed E-state index contributed by atoms with van der Waals surface area (Å²) in [7, 11) is 1.59. The van der Waals surface area contributed by atoms with Crippen molar-refractivity contribution in [2.45, 2.75) is 26.7 Å². The van der Waals surface area contributed by atoms with Crippen LogP contribution in [0.5, 0.6) is 0 Å². The van der Waals surface area contributed by atoms with Crippen LogP contribution in [0.2, 0.25) is 0 Å². The van der Waals surface area contributed by atoms with Crippen molar-refractivity contribution in [2.24, 2.45) is 5.92 Å². The molecule has 5 heteroatoms. The zero-order chi connectivity index (χ0) is 15.8. The maximum Gasteiger partial charge on any atom is 0.225 e. The van der Waals surface area contributed by atoms with Crippen molar-refractivity contribution in [3.8, 4) is 0 Å². The minimum Gasteiger partial charge on any atom is -0.383 e. The Morgan fingerprint density at radius 3 is 2.57 bits per heavy atom. The molecule has 1 aromatic rings. The Morgan fingerprint density at radius 1 is 1.29 bits per heavy atom. The van der Waals surface area contributed by atoms with E-state index >= 15 is 0 Å². The van der Waals surface area contributed by atoms with Crippen molar-refractivity contribution in [1.29, 1.82) is 0 Å². The number of ether oxygens (including phenoxy) is 1. The second kappa shape index (κ2) is 8.72. The number of amides is 1. The van der Waals surface area contributed by atoms with Gasteiger partial charge in [0.05, 0.1) is 6.61 Å². The van der Waals surface area contributed by atoms with E-state index in [0.29, 0.717) is 38.1 Å². The number of hydrogen-bond acceptors (Lipinski definition) is 2. The number of aryl methyl sites for hydroxylation is 1. The van der Waals surface area contributed by atoms with E-state index in [2.05, 4.69) is 0 Å². The lowest BCUT2D eigenvalue weighted by Gasteiger charge is -2.24. The Bertz CT molecular complexity index is 464. The summed E-state index contributed by atoms with van der Waals surface area (Å²) in [4.78, 5) is 13.8. The van der Waals surface area contributed by atoms with Crippen molar-refractivity contribution in [1.82, 2.24) is 4.90 Å². The van der Waals surface area contributed by atoms with Gasteiger partial charge in [0, 0.05) is 32.2 Å². The number of rotatable bonds is 8. The third kappa shape index (κ3) is 5.79. The molecular formula is C16H23F2NO2. The number of nitrogens with zero attached hydrogens (tertiary/aromatic N) is 1. The van der Waals surface area contributed by atoms with Crippen molar-refractivity contribution >= 4 is 5.91 Å². The van der Waals surface area contributed by atoms with Crippen LogP contribution < -0.4 is 0 Å². The Balaban J connectivity index is 2.54. The quantitative estimate of drug-likeness (QED) is 0.738. The molecule has 0 spiro atoms. The summed E-state index contributed by atoms with van der Waals surface area (Å²) in [6.45, 7) is 5.24. The number of carbonyl (C=O) groups is 1. The van der Waals surface area contributed by atoms with E-state index in [4.69, 9.17) is 4.74 Å². The van der Waals surface area contributed by atoms with Crippen molar-refractivity contribution in [2.75, 3.05) is 26.8 Å². The highest BCUT2D eigenvalue weighted by Gasteiger charge is 2.16. The molecule has 21 heavy (non-hydrogen) atoms. The Morgan fingerprint density at radius 2 is 2.00 bits per heavy atom. The van der Waals surface area contributed by atoms with Crippen LogP contribution >= 0.6 is 0 Å². The Kier molecular flexibility index (Phi) is 7.29. The van der Waals surface area contributed by atoms with Gasteiger partial charge in [0.1, 0.15) is 11.6 Å². The van der Waals surface area contributed by atoms with E-state index in [1.165, 1.54) is 12.1 Å². The molecular weight excluding hydrogens is 276 g/mol. The van der Waals surface area contributed by atoms with E-state index in [1.54, 1.807) is 12.0 Å². The van der Waals surface area contributed by atoms with Gasteiger partial charge in [-0.1, -0.05) is 19.9 Å². The van der Waals surface area contributed by atoms with Crippen molar-refractivity contribution in [3.05, 3.63) is 35.4 Å². The number of halogens is 2. The van der Waals surface area contributed by atoms with Gasteiger partial charge in [-0.25, -0.2) is 8.78 Å². The summed E-state index contributed by atoms with van der Waals surface area (Å²) in [6.07, 6.45) is 1.10. The van der Waals surface area contributed by atoms with E-state index in [1.807, 2.05) is 13.8 Å². The molecule has 0 saturated heterocycles. The average molecular weight is 299 g/mol. The fourth-order valence-electron chi connectivity index (χ4n) is 2.08. The van der Waals surface area contributed by atoms with Crippen LogP contribution in [0.4, 0.5) is 8.78 Å². The zero-order valence-electron chi connectivity index (χ0n) is 12.9. The van der Waals surface area contributed by atoms with Crippen LogP contribution in [0.1, 0.15) is 25.8 Å². The lowest BCUT2D eigenvalue weighted by Crippen LogP contribution is -2.37. The number of hydrogen-bond donors (Lipinski definition) is 0. The highest BCUT2D eigenvalue weighted by Crippen LogP contribution is 2.12. The molecule has 0 aromatic heterocycles. The predicted molar refractivity (Wildman–Crippen MR) is 78.0 cm³/mol. The van der Waals surface area contributed by atoms with Crippen LogP contribution in [0.25, 0.3) is 0 Å². The molecule has 0 fully saturated rings. The van der Waals surface area contributed by atoms with Gasteiger partial charge >= 0.3 is 0 Å². The maximum atomic E-state index is 13.5. The summed E-state index contributed by atoms with van der Waals surface area (Å²) < 4.78 is 31.4. The van der Waals surface area contributed by atoms with Crippen LogP contribution in [0, 0.1) is 17.6 Å². The maximum absolute atomic E-state index is 13.5. The predicted octanol–water partition coefficient (Wildman–Crippen LogP) is 3.03. The molecule has 0 aliphatic carbocycles. The molecule has 1 amide bonds. The molecule has 0 saturated carbocycles. The van der Waals surface area contributed by atoms with Gasteiger partial charge in [-0.05, 0) is 24.5 Å². The van der Waals surface area contributed by atoms with Gasteiger partial charge in [-0.3, -0.25) is 4.79 Å². The molecule has 0 unspecified atom stereocenters. The fraction of sp³-hybridized carbons (Fsp3) is 0.562.